The molecule has 1 aromatic carbocycles. The van der Waals surface area contributed by atoms with Crippen molar-refractivity contribution in [3.63, 3.8) is 0 Å². The number of hydrogen-bond acceptors (Lipinski definition) is 11. The van der Waals surface area contributed by atoms with Gasteiger partial charge in [0.2, 0.25) is 17.7 Å². The number of pyridine rings is 1. The third kappa shape index (κ3) is 7.83. The number of carbonyl (C=O) groups is 3. The van der Waals surface area contributed by atoms with E-state index in [1.54, 1.807) is 22.8 Å². The first-order chi connectivity index (χ1) is 25.0. The van der Waals surface area contributed by atoms with Crippen LogP contribution in [0.25, 0.3) is 16.8 Å². The van der Waals surface area contributed by atoms with Gasteiger partial charge in [-0.15, -0.1) is 0 Å². The van der Waals surface area contributed by atoms with Crippen molar-refractivity contribution >= 4 is 28.9 Å². The van der Waals surface area contributed by atoms with Gasteiger partial charge in [-0.1, -0.05) is 38.1 Å². The fourth-order valence-corrected chi connectivity index (χ4v) is 6.56. The summed E-state index contributed by atoms with van der Waals surface area (Å²) in [5, 5.41) is 16.4. The summed E-state index contributed by atoms with van der Waals surface area (Å²) in [7, 11) is 0. The molecule has 2 aliphatic rings. The zero-order valence-corrected chi connectivity index (χ0v) is 29.4. The molecule has 270 valence electrons. The van der Waals surface area contributed by atoms with Gasteiger partial charge in [0, 0.05) is 53.9 Å². The van der Waals surface area contributed by atoms with Crippen molar-refractivity contribution in [3.8, 4) is 11.3 Å². The maximum absolute atomic E-state index is 15.3. The highest BCUT2D eigenvalue weighted by atomic mass is 19.1. The largest absolute Gasteiger partial charge is 0.372 e. The molecule has 3 amide bonds. The Bertz CT molecular complexity index is 2100. The summed E-state index contributed by atoms with van der Waals surface area (Å²) in [6, 6.07) is 10.4. The standard InChI is InChI=1S/C37H41FN10O4/c1-37(2,3)36-45-33(46-52-36)35(51)40-18-25-5-4-24(17-27(25)38)32-30-16-22(20-48(30)42-21-41-32)10-13-47-14-11-23(12-15-47)28-7-6-26(19-39-28)43-29-8-9-31(49)44-34(29)50/h4-7,16-17,19-21,23,29,43H,8-15,18H2,1-3H3,(H,40,51)(H,44,49,50). The third-order valence-corrected chi connectivity index (χ3v) is 9.59. The second-order valence-corrected chi connectivity index (χ2v) is 14.4. The number of fused-ring (bicyclic) bond motifs is 1. The van der Waals surface area contributed by atoms with Crippen LogP contribution < -0.4 is 16.0 Å². The van der Waals surface area contributed by atoms with Gasteiger partial charge in [0.1, 0.15) is 18.2 Å². The van der Waals surface area contributed by atoms with E-state index >= 15 is 4.39 Å². The fourth-order valence-electron chi connectivity index (χ4n) is 6.56. The van der Waals surface area contributed by atoms with E-state index in [0.717, 1.165) is 61.4 Å². The summed E-state index contributed by atoms with van der Waals surface area (Å²) >= 11 is 0. The van der Waals surface area contributed by atoms with Crippen LogP contribution in [0, 0.1) is 5.82 Å². The van der Waals surface area contributed by atoms with Gasteiger partial charge in [0.15, 0.2) is 0 Å². The van der Waals surface area contributed by atoms with Crippen LogP contribution in [-0.2, 0) is 28.0 Å². The molecular formula is C37H41FN10O4. The minimum atomic E-state index is -0.546. The van der Waals surface area contributed by atoms with Crippen LogP contribution in [0.1, 0.15) is 85.7 Å². The lowest BCUT2D eigenvalue weighted by molar-refractivity contribution is -0.133. The monoisotopic (exact) mass is 708 g/mol. The topological polar surface area (TPSA) is 173 Å². The zero-order chi connectivity index (χ0) is 36.4. The van der Waals surface area contributed by atoms with Gasteiger partial charge in [0.05, 0.1) is 23.1 Å². The molecule has 1 unspecified atom stereocenters. The molecular weight excluding hydrogens is 667 g/mol. The molecule has 0 aliphatic carbocycles. The van der Waals surface area contributed by atoms with Crippen LogP contribution in [0.4, 0.5) is 10.1 Å². The number of hydrogen-bond donors (Lipinski definition) is 3. The highest BCUT2D eigenvalue weighted by Crippen LogP contribution is 2.29. The number of likely N-dealkylation sites (tertiary alicyclic amines) is 1. The highest BCUT2D eigenvalue weighted by Gasteiger charge is 2.27. The molecule has 2 aliphatic heterocycles. The van der Waals surface area contributed by atoms with Crippen molar-refractivity contribution in [3.05, 3.63) is 89.5 Å². The molecule has 52 heavy (non-hydrogen) atoms. The molecule has 6 heterocycles. The first-order valence-electron chi connectivity index (χ1n) is 17.5. The molecule has 5 aromatic rings. The Morgan fingerprint density at radius 2 is 1.90 bits per heavy atom. The summed E-state index contributed by atoms with van der Waals surface area (Å²) in [6.07, 6.45) is 8.86. The normalized spacial score (nSPS) is 17.3. The summed E-state index contributed by atoms with van der Waals surface area (Å²) in [5.41, 5.74) is 4.85. The van der Waals surface area contributed by atoms with E-state index in [1.165, 1.54) is 12.4 Å². The Morgan fingerprint density at radius 3 is 2.62 bits per heavy atom. The average molecular weight is 709 g/mol. The second kappa shape index (κ2) is 14.6. The smallest absolute Gasteiger partial charge is 0.292 e. The quantitative estimate of drug-likeness (QED) is 0.178. The van der Waals surface area contributed by atoms with E-state index in [0.29, 0.717) is 41.5 Å². The molecule has 7 rings (SSSR count). The van der Waals surface area contributed by atoms with Crippen LogP contribution in [0.15, 0.2) is 59.6 Å². The van der Waals surface area contributed by atoms with Gasteiger partial charge >= 0.3 is 0 Å². The van der Waals surface area contributed by atoms with Crippen molar-refractivity contribution < 1.29 is 23.3 Å². The lowest BCUT2D eigenvalue weighted by Gasteiger charge is -2.31. The summed E-state index contributed by atoms with van der Waals surface area (Å²) in [5.74, 6) is -0.928. The van der Waals surface area contributed by atoms with Crippen molar-refractivity contribution in [1.82, 2.24) is 45.3 Å². The zero-order valence-electron chi connectivity index (χ0n) is 29.4. The molecule has 4 aromatic heterocycles. The van der Waals surface area contributed by atoms with E-state index in [2.05, 4.69) is 52.1 Å². The van der Waals surface area contributed by atoms with Crippen molar-refractivity contribution in [2.24, 2.45) is 0 Å². The number of nitrogens with zero attached hydrogens (tertiary/aromatic N) is 7. The molecule has 14 nitrogen and oxygen atoms in total. The summed E-state index contributed by atoms with van der Waals surface area (Å²) in [4.78, 5) is 51.8. The predicted octanol–water partition coefficient (Wildman–Crippen LogP) is 4.18. The van der Waals surface area contributed by atoms with Gasteiger partial charge in [-0.05, 0) is 68.6 Å². The van der Waals surface area contributed by atoms with Crippen molar-refractivity contribution in [2.75, 3.05) is 25.0 Å². The molecule has 15 heteroatoms. The number of amides is 3. The van der Waals surface area contributed by atoms with Crippen LogP contribution in [0.5, 0.6) is 0 Å². The lowest BCUT2D eigenvalue weighted by atomic mass is 9.93. The van der Waals surface area contributed by atoms with Gasteiger partial charge in [-0.2, -0.15) is 10.1 Å². The average Bonchev–Trinajstić information content (AvgIpc) is 3.80. The maximum Gasteiger partial charge on any atom is 0.292 e. The number of benzene rings is 1. The van der Waals surface area contributed by atoms with Crippen LogP contribution in [0.2, 0.25) is 0 Å². The molecule has 3 N–H and O–H groups in total. The Morgan fingerprint density at radius 1 is 1.08 bits per heavy atom. The molecule has 1 atom stereocenters. The van der Waals surface area contributed by atoms with Crippen LogP contribution in [-0.4, -0.2) is 78.0 Å². The summed E-state index contributed by atoms with van der Waals surface area (Å²) < 4.78 is 22.2. The Labute approximate surface area is 299 Å². The SMILES string of the molecule is CC(C)(C)c1nc(C(=O)NCc2ccc(-c3ncnn4cc(CCN5CCC(c6ccc(NC7CCC(=O)NC7=O)cn6)CC5)cc34)cc2F)no1. The van der Waals surface area contributed by atoms with Crippen LogP contribution in [0.3, 0.4) is 0 Å². The Balaban J connectivity index is 0.915. The minimum Gasteiger partial charge on any atom is -0.372 e. The van der Waals surface area contributed by atoms with Gasteiger partial charge in [0.25, 0.3) is 11.7 Å². The predicted molar refractivity (Wildman–Crippen MR) is 189 cm³/mol. The maximum atomic E-state index is 15.3. The molecule has 0 saturated carbocycles. The number of rotatable bonds is 10. The number of nitrogens with one attached hydrogen (secondary N) is 3. The summed E-state index contributed by atoms with van der Waals surface area (Å²) in [6.45, 7) is 8.48. The van der Waals surface area contributed by atoms with Crippen molar-refractivity contribution in [1.29, 1.82) is 0 Å². The number of halogens is 1. The Hall–Kier alpha value is -5.57. The molecule has 0 bridgehead atoms. The Kier molecular flexibility index (Phi) is 9.77. The molecule has 2 saturated heterocycles. The molecule has 2 fully saturated rings. The van der Waals surface area contributed by atoms with Gasteiger partial charge in [-0.25, -0.2) is 13.9 Å². The molecule has 0 spiro atoms. The fraction of sp³-hybridized carbons (Fsp3) is 0.405. The molecule has 0 radical (unpaired) electrons. The van der Waals surface area contributed by atoms with E-state index in [1.807, 2.05) is 39.1 Å². The number of imide groups is 1. The van der Waals surface area contributed by atoms with Crippen molar-refractivity contribution in [2.45, 2.75) is 76.8 Å². The lowest BCUT2D eigenvalue weighted by Crippen LogP contribution is -2.47. The first kappa shape index (κ1) is 34.9. The van der Waals surface area contributed by atoms with Gasteiger partial charge in [-0.3, -0.25) is 24.7 Å². The van der Waals surface area contributed by atoms with Crippen LogP contribution >= 0.6 is 0 Å². The number of carbonyl (C=O) groups excluding carboxylic acids is 3. The van der Waals surface area contributed by atoms with E-state index in [-0.39, 0.29) is 24.2 Å². The third-order valence-electron chi connectivity index (χ3n) is 9.59. The first-order valence-corrected chi connectivity index (χ1v) is 17.5. The van der Waals surface area contributed by atoms with E-state index < -0.39 is 23.2 Å². The number of aromatic nitrogens is 6. The van der Waals surface area contributed by atoms with Gasteiger partial charge < -0.3 is 20.1 Å². The number of anilines is 1. The second-order valence-electron chi connectivity index (χ2n) is 14.4. The number of piperidine rings is 2. The van der Waals surface area contributed by atoms with E-state index in [9.17, 15) is 14.4 Å². The highest BCUT2D eigenvalue weighted by molar-refractivity contribution is 6.01. The van der Waals surface area contributed by atoms with E-state index in [4.69, 9.17) is 4.52 Å². The minimum absolute atomic E-state index is 0.0389.